The van der Waals surface area contributed by atoms with Gasteiger partial charge in [-0.1, -0.05) is 37.3 Å². The summed E-state index contributed by atoms with van der Waals surface area (Å²) in [6.45, 7) is 3.22. The Hall–Kier alpha value is -2.49. The Morgan fingerprint density at radius 3 is 2.64 bits per heavy atom. The van der Waals surface area contributed by atoms with Crippen molar-refractivity contribution in [3.05, 3.63) is 59.7 Å². The Labute approximate surface area is 131 Å². The van der Waals surface area contributed by atoms with Crippen molar-refractivity contribution in [1.29, 1.82) is 0 Å². The number of nitrogens with one attached hydrogen (secondary N) is 1. The predicted molar refractivity (Wildman–Crippen MR) is 89.1 cm³/mol. The molecule has 0 aliphatic rings. The van der Waals surface area contributed by atoms with Gasteiger partial charge >= 0.3 is 0 Å². The summed E-state index contributed by atoms with van der Waals surface area (Å²) in [7, 11) is 0. The minimum absolute atomic E-state index is 0.107. The van der Waals surface area contributed by atoms with Gasteiger partial charge in [-0.2, -0.15) is 0 Å². The molecule has 116 valence electrons. The maximum Gasteiger partial charge on any atom is 0.251 e. The van der Waals surface area contributed by atoms with Crippen LogP contribution in [-0.2, 0) is 6.42 Å². The van der Waals surface area contributed by atoms with Crippen LogP contribution in [0.5, 0.6) is 5.75 Å². The molecule has 0 radical (unpaired) electrons. The Balaban J connectivity index is 1.91. The molecule has 3 N–H and O–H groups in total. The fraction of sp³-hybridized carbons (Fsp3) is 0.278. The Bertz CT molecular complexity index is 612. The molecule has 4 heteroatoms. The van der Waals surface area contributed by atoms with Gasteiger partial charge in [0.25, 0.3) is 5.91 Å². The Morgan fingerprint density at radius 2 is 1.95 bits per heavy atom. The van der Waals surface area contributed by atoms with Gasteiger partial charge in [0.1, 0.15) is 5.75 Å². The molecule has 0 fully saturated rings. The van der Waals surface area contributed by atoms with Gasteiger partial charge in [-0.3, -0.25) is 4.79 Å². The number of carbonyl (C=O) groups is 1. The molecule has 0 spiro atoms. The van der Waals surface area contributed by atoms with E-state index in [2.05, 4.69) is 17.4 Å². The molecule has 1 amide bonds. The Morgan fingerprint density at radius 1 is 1.18 bits per heavy atom. The first-order valence-electron chi connectivity index (χ1n) is 7.55. The highest BCUT2D eigenvalue weighted by molar-refractivity contribution is 5.95. The first-order chi connectivity index (χ1) is 10.7. The number of hydrogen-bond donors (Lipinski definition) is 2. The largest absolute Gasteiger partial charge is 0.491 e. The molecule has 0 saturated heterocycles. The van der Waals surface area contributed by atoms with Gasteiger partial charge < -0.3 is 15.8 Å². The standard InChI is InChI=1S/C18H22N2O2/c1-2-11-20-18(21)15-8-9-17(16(19)13-15)22-12-10-14-6-4-3-5-7-14/h3-9,13H,2,10-12,19H2,1H3,(H,20,21). The van der Waals surface area contributed by atoms with E-state index in [0.29, 0.717) is 30.2 Å². The van der Waals surface area contributed by atoms with Gasteiger partial charge in [-0.25, -0.2) is 0 Å². The van der Waals surface area contributed by atoms with Gasteiger partial charge in [0.2, 0.25) is 0 Å². The second-order valence-electron chi connectivity index (χ2n) is 5.09. The lowest BCUT2D eigenvalue weighted by molar-refractivity contribution is 0.0953. The highest BCUT2D eigenvalue weighted by Gasteiger charge is 2.08. The molecule has 2 rings (SSSR count). The lowest BCUT2D eigenvalue weighted by Gasteiger charge is -2.10. The van der Waals surface area contributed by atoms with Crippen LogP contribution >= 0.6 is 0 Å². The molecule has 0 aliphatic heterocycles. The molecule has 4 nitrogen and oxygen atoms in total. The van der Waals surface area contributed by atoms with Crippen LogP contribution in [0.4, 0.5) is 5.69 Å². The molecular formula is C18H22N2O2. The van der Waals surface area contributed by atoms with Crippen LogP contribution < -0.4 is 15.8 Å². The molecule has 2 aromatic carbocycles. The average Bonchev–Trinajstić information content (AvgIpc) is 2.55. The molecule has 0 atom stereocenters. The molecular weight excluding hydrogens is 276 g/mol. The van der Waals surface area contributed by atoms with E-state index in [1.165, 1.54) is 5.56 Å². The van der Waals surface area contributed by atoms with Gasteiger partial charge in [0.15, 0.2) is 0 Å². The van der Waals surface area contributed by atoms with Crippen LogP contribution in [0, 0.1) is 0 Å². The van der Waals surface area contributed by atoms with E-state index in [1.807, 2.05) is 25.1 Å². The lowest BCUT2D eigenvalue weighted by Crippen LogP contribution is -2.24. The van der Waals surface area contributed by atoms with Crippen molar-refractivity contribution in [3.63, 3.8) is 0 Å². The van der Waals surface area contributed by atoms with Crippen LogP contribution in [0.1, 0.15) is 29.3 Å². The summed E-state index contributed by atoms with van der Waals surface area (Å²) >= 11 is 0. The van der Waals surface area contributed by atoms with E-state index in [4.69, 9.17) is 10.5 Å². The second-order valence-corrected chi connectivity index (χ2v) is 5.09. The Kier molecular flexibility index (Phi) is 5.83. The quantitative estimate of drug-likeness (QED) is 0.772. The van der Waals surface area contributed by atoms with E-state index >= 15 is 0 Å². The number of ether oxygens (including phenoxy) is 1. The zero-order valence-electron chi connectivity index (χ0n) is 12.8. The molecule has 0 heterocycles. The van der Waals surface area contributed by atoms with E-state index in [1.54, 1.807) is 18.2 Å². The second kappa shape index (κ2) is 8.08. The van der Waals surface area contributed by atoms with E-state index in [0.717, 1.165) is 12.8 Å². The summed E-state index contributed by atoms with van der Waals surface area (Å²) in [4.78, 5) is 11.9. The fourth-order valence-electron chi connectivity index (χ4n) is 2.09. The summed E-state index contributed by atoms with van der Waals surface area (Å²) in [6.07, 6.45) is 1.72. The summed E-state index contributed by atoms with van der Waals surface area (Å²) in [6, 6.07) is 15.3. The topological polar surface area (TPSA) is 64.3 Å². The SMILES string of the molecule is CCCNC(=O)c1ccc(OCCc2ccccc2)c(N)c1. The van der Waals surface area contributed by atoms with E-state index < -0.39 is 0 Å². The molecule has 0 aromatic heterocycles. The van der Waals surface area contributed by atoms with Crippen LogP contribution in [0.2, 0.25) is 0 Å². The molecule has 0 unspecified atom stereocenters. The lowest BCUT2D eigenvalue weighted by atomic mass is 10.1. The van der Waals surface area contributed by atoms with Crippen molar-refractivity contribution in [2.24, 2.45) is 0 Å². The highest BCUT2D eigenvalue weighted by Crippen LogP contribution is 2.22. The number of rotatable bonds is 7. The van der Waals surface area contributed by atoms with Crippen molar-refractivity contribution >= 4 is 11.6 Å². The first kappa shape index (κ1) is 15.9. The zero-order valence-corrected chi connectivity index (χ0v) is 12.8. The number of carbonyl (C=O) groups excluding carboxylic acids is 1. The van der Waals surface area contributed by atoms with Gasteiger partial charge in [0.05, 0.1) is 12.3 Å². The van der Waals surface area contributed by atoms with E-state index in [9.17, 15) is 4.79 Å². The van der Waals surface area contributed by atoms with Crippen molar-refractivity contribution in [2.75, 3.05) is 18.9 Å². The van der Waals surface area contributed by atoms with E-state index in [-0.39, 0.29) is 5.91 Å². The number of nitrogens with two attached hydrogens (primary N) is 1. The summed E-state index contributed by atoms with van der Waals surface area (Å²) in [5.74, 6) is 0.507. The van der Waals surface area contributed by atoms with Crippen molar-refractivity contribution < 1.29 is 9.53 Å². The number of nitrogen functional groups attached to an aromatic ring is 1. The van der Waals surface area contributed by atoms with Crippen LogP contribution in [0.25, 0.3) is 0 Å². The summed E-state index contributed by atoms with van der Waals surface area (Å²) in [5, 5.41) is 2.82. The summed E-state index contributed by atoms with van der Waals surface area (Å²) in [5.41, 5.74) is 8.22. The third-order valence-electron chi connectivity index (χ3n) is 3.30. The fourth-order valence-corrected chi connectivity index (χ4v) is 2.09. The number of amides is 1. The van der Waals surface area contributed by atoms with Gasteiger partial charge in [-0.15, -0.1) is 0 Å². The third-order valence-corrected chi connectivity index (χ3v) is 3.30. The van der Waals surface area contributed by atoms with Crippen LogP contribution in [0.15, 0.2) is 48.5 Å². The van der Waals surface area contributed by atoms with Crippen molar-refractivity contribution in [2.45, 2.75) is 19.8 Å². The highest BCUT2D eigenvalue weighted by atomic mass is 16.5. The number of anilines is 1. The van der Waals surface area contributed by atoms with Gasteiger partial charge in [0, 0.05) is 18.5 Å². The normalized spacial score (nSPS) is 10.2. The molecule has 22 heavy (non-hydrogen) atoms. The summed E-state index contributed by atoms with van der Waals surface area (Å²) < 4.78 is 5.70. The predicted octanol–water partition coefficient (Wildman–Crippen LogP) is 3.03. The molecule has 2 aromatic rings. The number of hydrogen-bond acceptors (Lipinski definition) is 3. The zero-order chi connectivity index (χ0) is 15.8. The van der Waals surface area contributed by atoms with Crippen LogP contribution in [-0.4, -0.2) is 19.1 Å². The minimum atomic E-state index is -0.107. The third kappa shape index (κ3) is 4.52. The maximum atomic E-state index is 11.9. The van der Waals surface area contributed by atoms with Crippen molar-refractivity contribution in [1.82, 2.24) is 5.32 Å². The smallest absolute Gasteiger partial charge is 0.251 e. The molecule has 0 bridgehead atoms. The molecule has 0 saturated carbocycles. The van der Waals surface area contributed by atoms with Crippen LogP contribution in [0.3, 0.4) is 0 Å². The molecule has 0 aliphatic carbocycles. The van der Waals surface area contributed by atoms with Gasteiger partial charge in [-0.05, 0) is 30.2 Å². The average molecular weight is 298 g/mol. The maximum absolute atomic E-state index is 11.9. The first-order valence-corrected chi connectivity index (χ1v) is 7.55. The number of benzene rings is 2. The van der Waals surface area contributed by atoms with Crippen molar-refractivity contribution in [3.8, 4) is 5.75 Å². The monoisotopic (exact) mass is 298 g/mol. The minimum Gasteiger partial charge on any atom is -0.491 e.